The lowest BCUT2D eigenvalue weighted by Crippen LogP contribution is -2.36. The third kappa shape index (κ3) is 3.32. The number of aromatic carboxylic acids is 1. The van der Waals surface area contributed by atoms with Gasteiger partial charge in [-0.25, -0.2) is 9.48 Å². The topological polar surface area (TPSA) is 123 Å². The maximum absolute atomic E-state index is 12.0. The summed E-state index contributed by atoms with van der Waals surface area (Å²) in [7, 11) is 0. The van der Waals surface area contributed by atoms with E-state index < -0.39 is 5.97 Å². The number of nitrogens with one attached hydrogen (secondary N) is 1. The third-order valence-electron chi connectivity index (χ3n) is 3.70. The van der Waals surface area contributed by atoms with Crippen LogP contribution in [0, 0.1) is 11.8 Å². The van der Waals surface area contributed by atoms with Crippen LogP contribution >= 0.6 is 0 Å². The Bertz CT molecular complexity index is 487. The van der Waals surface area contributed by atoms with Gasteiger partial charge in [0.15, 0.2) is 5.69 Å². The number of carboxylic acid groups (broad SMARTS) is 1. The summed E-state index contributed by atoms with van der Waals surface area (Å²) in [5.74, 6) is -0.807. The molecular weight excluding hydrogens is 262 g/mol. The lowest BCUT2D eigenvalue weighted by molar-refractivity contribution is -0.126. The molecule has 1 fully saturated rings. The first-order valence-corrected chi connectivity index (χ1v) is 6.73. The summed E-state index contributed by atoms with van der Waals surface area (Å²) < 4.78 is 1.40. The van der Waals surface area contributed by atoms with E-state index in [1.54, 1.807) is 0 Å². The van der Waals surface area contributed by atoms with Gasteiger partial charge < -0.3 is 16.2 Å². The zero-order valence-electron chi connectivity index (χ0n) is 11.2. The molecule has 0 saturated heterocycles. The fourth-order valence-corrected chi connectivity index (χ4v) is 2.59. The van der Waals surface area contributed by atoms with Crippen molar-refractivity contribution in [2.24, 2.45) is 17.6 Å². The smallest absolute Gasteiger partial charge is 0.358 e. The normalized spacial score (nSPS) is 21.9. The molecule has 20 heavy (non-hydrogen) atoms. The van der Waals surface area contributed by atoms with Crippen molar-refractivity contribution in [3.8, 4) is 0 Å². The van der Waals surface area contributed by atoms with Gasteiger partial charge in [-0.2, -0.15) is 0 Å². The van der Waals surface area contributed by atoms with E-state index in [2.05, 4.69) is 15.6 Å². The van der Waals surface area contributed by atoms with Crippen LogP contribution in [0.15, 0.2) is 6.20 Å². The largest absolute Gasteiger partial charge is 0.476 e. The molecule has 2 rings (SSSR count). The predicted octanol–water partition coefficient (Wildman–Crippen LogP) is -0.532. The van der Waals surface area contributed by atoms with Crippen molar-refractivity contribution in [2.45, 2.75) is 25.8 Å². The Hall–Kier alpha value is -1.96. The van der Waals surface area contributed by atoms with Crippen molar-refractivity contribution in [2.75, 3.05) is 13.1 Å². The van der Waals surface area contributed by atoms with Crippen LogP contribution in [0.2, 0.25) is 0 Å². The highest BCUT2D eigenvalue weighted by atomic mass is 16.4. The average molecular weight is 281 g/mol. The molecule has 1 amide bonds. The highest BCUT2D eigenvalue weighted by Crippen LogP contribution is 2.30. The van der Waals surface area contributed by atoms with Crippen LogP contribution in [0.4, 0.5) is 0 Å². The summed E-state index contributed by atoms with van der Waals surface area (Å²) in [4.78, 5) is 22.7. The first kappa shape index (κ1) is 14.4. The molecule has 0 aliphatic heterocycles. The van der Waals surface area contributed by atoms with Crippen LogP contribution in [-0.4, -0.2) is 45.1 Å². The molecule has 8 heteroatoms. The predicted molar refractivity (Wildman–Crippen MR) is 69.9 cm³/mol. The number of carbonyl (C=O) groups excluding carboxylic acids is 1. The Morgan fingerprint density at radius 2 is 2.30 bits per heavy atom. The van der Waals surface area contributed by atoms with Gasteiger partial charge in [-0.1, -0.05) is 11.6 Å². The van der Waals surface area contributed by atoms with Gasteiger partial charge in [-0.15, -0.1) is 5.10 Å². The second-order valence-electron chi connectivity index (χ2n) is 5.00. The van der Waals surface area contributed by atoms with Gasteiger partial charge in [-0.3, -0.25) is 4.79 Å². The molecule has 0 bridgehead atoms. The molecule has 4 N–H and O–H groups in total. The summed E-state index contributed by atoms with van der Waals surface area (Å²) >= 11 is 0. The fourth-order valence-electron chi connectivity index (χ4n) is 2.59. The Balaban J connectivity index is 1.77. The highest BCUT2D eigenvalue weighted by Gasteiger charge is 2.31. The molecule has 0 spiro atoms. The minimum Gasteiger partial charge on any atom is -0.476 e. The molecule has 0 aromatic carbocycles. The van der Waals surface area contributed by atoms with Gasteiger partial charge in [0.25, 0.3) is 0 Å². The van der Waals surface area contributed by atoms with Crippen molar-refractivity contribution in [1.82, 2.24) is 20.3 Å². The summed E-state index contributed by atoms with van der Waals surface area (Å²) in [5, 5.41) is 18.7. The highest BCUT2D eigenvalue weighted by molar-refractivity contribution is 5.84. The minimum atomic E-state index is -1.11. The van der Waals surface area contributed by atoms with E-state index in [9.17, 15) is 9.59 Å². The second kappa shape index (κ2) is 6.47. The molecule has 110 valence electrons. The van der Waals surface area contributed by atoms with Crippen molar-refractivity contribution in [3.05, 3.63) is 11.9 Å². The summed E-state index contributed by atoms with van der Waals surface area (Å²) in [5.41, 5.74) is 5.55. The van der Waals surface area contributed by atoms with E-state index >= 15 is 0 Å². The first-order valence-electron chi connectivity index (χ1n) is 6.73. The Morgan fingerprint density at radius 1 is 1.50 bits per heavy atom. The zero-order chi connectivity index (χ0) is 14.5. The van der Waals surface area contributed by atoms with Gasteiger partial charge in [0, 0.05) is 12.5 Å². The summed E-state index contributed by atoms with van der Waals surface area (Å²) in [6.45, 7) is 1.34. The quantitative estimate of drug-likeness (QED) is 0.644. The maximum atomic E-state index is 12.0. The van der Waals surface area contributed by atoms with Gasteiger partial charge in [0.05, 0.1) is 12.7 Å². The van der Waals surface area contributed by atoms with Gasteiger partial charge >= 0.3 is 5.97 Å². The molecular formula is C12H19N5O3. The number of aromatic nitrogens is 3. The average Bonchev–Trinajstić information content (AvgIpc) is 3.07. The number of carboxylic acids is 1. The summed E-state index contributed by atoms with van der Waals surface area (Å²) in [6, 6.07) is 0. The number of hydrogen-bond acceptors (Lipinski definition) is 5. The van der Waals surface area contributed by atoms with Crippen LogP contribution in [0.25, 0.3) is 0 Å². The molecule has 0 radical (unpaired) electrons. The second-order valence-corrected chi connectivity index (χ2v) is 5.00. The Kier molecular flexibility index (Phi) is 4.67. The number of hydrogen-bond donors (Lipinski definition) is 3. The van der Waals surface area contributed by atoms with Gasteiger partial charge in [0.2, 0.25) is 5.91 Å². The molecule has 1 heterocycles. The van der Waals surface area contributed by atoms with Crippen LogP contribution in [-0.2, 0) is 11.3 Å². The van der Waals surface area contributed by atoms with E-state index in [1.807, 2.05) is 0 Å². The van der Waals surface area contributed by atoms with Crippen LogP contribution in [0.5, 0.6) is 0 Å². The van der Waals surface area contributed by atoms with Crippen molar-refractivity contribution in [1.29, 1.82) is 0 Å². The lowest BCUT2D eigenvalue weighted by Gasteiger charge is -2.17. The minimum absolute atomic E-state index is 0.00493. The van der Waals surface area contributed by atoms with Crippen molar-refractivity contribution >= 4 is 11.9 Å². The summed E-state index contributed by atoms with van der Waals surface area (Å²) in [6.07, 6.45) is 4.29. The maximum Gasteiger partial charge on any atom is 0.358 e. The lowest BCUT2D eigenvalue weighted by atomic mass is 9.95. The SMILES string of the molecule is NCC1CCCC1C(=O)NCCn1cc(C(=O)O)nn1. The zero-order valence-corrected chi connectivity index (χ0v) is 11.2. The van der Waals surface area contributed by atoms with Crippen LogP contribution in [0.1, 0.15) is 29.8 Å². The third-order valence-corrected chi connectivity index (χ3v) is 3.70. The monoisotopic (exact) mass is 281 g/mol. The molecule has 1 aliphatic rings. The van der Waals surface area contributed by atoms with Crippen molar-refractivity contribution in [3.63, 3.8) is 0 Å². The van der Waals surface area contributed by atoms with Crippen LogP contribution < -0.4 is 11.1 Å². The van der Waals surface area contributed by atoms with E-state index in [-0.39, 0.29) is 23.4 Å². The fraction of sp³-hybridized carbons (Fsp3) is 0.667. The molecule has 2 unspecified atom stereocenters. The van der Waals surface area contributed by atoms with Crippen LogP contribution in [0.3, 0.4) is 0 Å². The van der Waals surface area contributed by atoms with Gasteiger partial charge in [0.1, 0.15) is 0 Å². The number of rotatable bonds is 6. The molecule has 1 saturated carbocycles. The number of nitrogens with two attached hydrogens (primary N) is 1. The van der Waals surface area contributed by atoms with Gasteiger partial charge in [-0.05, 0) is 25.3 Å². The number of amides is 1. The molecule has 8 nitrogen and oxygen atoms in total. The molecule has 2 atom stereocenters. The Labute approximate surface area is 116 Å². The number of carbonyl (C=O) groups is 2. The first-order chi connectivity index (χ1) is 9.61. The van der Waals surface area contributed by atoms with Crippen molar-refractivity contribution < 1.29 is 14.7 Å². The standard InChI is InChI=1S/C12H19N5O3/c13-6-8-2-1-3-9(8)11(18)14-4-5-17-7-10(12(19)20)15-16-17/h7-9H,1-6,13H2,(H,14,18)(H,19,20). The van der Waals surface area contributed by atoms with E-state index in [0.29, 0.717) is 19.6 Å². The number of nitrogens with zero attached hydrogens (tertiary/aromatic N) is 3. The molecule has 1 aromatic heterocycles. The molecule has 1 aliphatic carbocycles. The van der Waals surface area contributed by atoms with E-state index in [4.69, 9.17) is 10.8 Å². The Morgan fingerprint density at radius 3 is 2.95 bits per heavy atom. The molecule has 1 aromatic rings. The van der Waals surface area contributed by atoms with E-state index in [0.717, 1.165) is 19.3 Å². The van der Waals surface area contributed by atoms with E-state index in [1.165, 1.54) is 10.9 Å².